The van der Waals surface area contributed by atoms with Gasteiger partial charge in [0.05, 0.1) is 4.92 Å². The molecule has 27 heavy (non-hydrogen) atoms. The van der Waals surface area contributed by atoms with E-state index in [-0.39, 0.29) is 11.3 Å². The Hall–Kier alpha value is -3.42. The number of ether oxygens (including phenoxy) is 2. The lowest BCUT2D eigenvalue weighted by Crippen LogP contribution is -2.45. The maximum Gasteiger partial charge on any atom is 0.348 e. The van der Waals surface area contributed by atoms with Crippen LogP contribution in [0.1, 0.15) is 26.7 Å². The zero-order valence-electron chi connectivity index (χ0n) is 15.0. The van der Waals surface area contributed by atoms with Crippen molar-refractivity contribution < 1.29 is 24.0 Å². The van der Waals surface area contributed by atoms with Gasteiger partial charge in [-0.3, -0.25) is 10.1 Å². The standard InChI is InChI=1S/C19H20N2O6/c1-3-19(4-2)26-17(22)16(18(23)27-19)8-6-5-7-13-20-14-9-11-15(12-10-14)21(24)25/h5-13,20H,3-4H2,1-2H3/b6-5+,13-7+. The lowest BCUT2D eigenvalue weighted by molar-refractivity contribution is -0.384. The van der Waals surface area contributed by atoms with Gasteiger partial charge in [-0.2, -0.15) is 0 Å². The van der Waals surface area contributed by atoms with E-state index in [4.69, 9.17) is 9.47 Å². The zero-order chi connectivity index (χ0) is 19.9. The van der Waals surface area contributed by atoms with E-state index in [9.17, 15) is 19.7 Å². The molecule has 1 fully saturated rings. The Morgan fingerprint density at radius 2 is 1.63 bits per heavy atom. The molecule has 2 rings (SSSR count). The van der Waals surface area contributed by atoms with Crippen LogP contribution >= 0.6 is 0 Å². The quantitative estimate of drug-likeness (QED) is 0.194. The van der Waals surface area contributed by atoms with Gasteiger partial charge in [0.1, 0.15) is 5.57 Å². The largest absolute Gasteiger partial charge is 0.419 e. The molecule has 0 aliphatic carbocycles. The number of nitrogens with zero attached hydrogens (tertiary/aromatic N) is 1. The second kappa shape index (κ2) is 8.79. The number of nitro groups is 1. The average molecular weight is 372 g/mol. The minimum atomic E-state index is -1.18. The molecule has 0 aromatic heterocycles. The first-order valence-electron chi connectivity index (χ1n) is 8.42. The Balaban J connectivity index is 1.92. The SMILES string of the molecule is CCC1(CC)OC(=O)C(=C/C=C/C=C/Nc2ccc([N+](=O)[O-])cc2)C(=O)O1. The van der Waals surface area contributed by atoms with E-state index < -0.39 is 22.6 Å². The molecule has 8 heteroatoms. The zero-order valence-corrected chi connectivity index (χ0v) is 15.0. The molecule has 0 radical (unpaired) electrons. The van der Waals surface area contributed by atoms with Crippen LogP contribution in [-0.2, 0) is 19.1 Å². The lowest BCUT2D eigenvalue weighted by atomic mass is 10.1. The molecule has 0 amide bonds. The van der Waals surface area contributed by atoms with E-state index in [0.29, 0.717) is 18.5 Å². The number of allylic oxidation sites excluding steroid dienone is 4. The first kappa shape index (κ1) is 19.9. The van der Waals surface area contributed by atoms with E-state index in [1.165, 1.54) is 24.3 Å². The van der Waals surface area contributed by atoms with Gasteiger partial charge in [-0.25, -0.2) is 9.59 Å². The molecular weight excluding hydrogens is 352 g/mol. The fourth-order valence-corrected chi connectivity index (χ4v) is 2.32. The van der Waals surface area contributed by atoms with Crippen molar-refractivity contribution in [3.8, 4) is 0 Å². The lowest BCUT2D eigenvalue weighted by Gasteiger charge is -2.34. The van der Waals surface area contributed by atoms with Crippen LogP contribution in [0.4, 0.5) is 11.4 Å². The summed E-state index contributed by atoms with van der Waals surface area (Å²) < 4.78 is 10.5. The molecule has 0 unspecified atom stereocenters. The second-order valence-electron chi connectivity index (χ2n) is 5.67. The number of carbonyl (C=O) groups excluding carboxylic acids is 2. The molecule has 0 atom stereocenters. The van der Waals surface area contributed by atoms with Gasteiger partial charge in [-0.05, 0) is 24.3 Å². The molecule has 0 saturated carbocycles. The molecule has 1 aliphatic rings. The van der Waals surface area contributed by atoms with Crippen LogP contribution in [0, 0.1) is 10.1 Å². The normalized spacial score (nSPS) is 16.3. The predicted octanol–water partition coefficient (Wildman–Crippen LogP) is 3.62. The van der Waals surface area contributed by atoms with Gasteiger partial charge in [0, 0.05) is 36.9 Å². The molecule has 1 N–H and O–H groups in total. The summed E-state index contributed by atoms with van der Waals surface area (Å²) in [5.41, 5.74) is 0.525. The summed E-state index contributed by atoms with van der Waals surface area (Å²) in [6.45, 7) is 3.56. The maximum atomic E-state index is 12.0. The number of anilines is 1. The fourth-order valence-electron chi connectivity index (χ4n) is 2.32. The highest BCUT2D eigenvalue weighted by atomic mass is 16.7. The predicted molar refractivity (Wildman–Crippen MR) is 98.6 cm³/mol. The van der Waals surface area contributed by atoms with Crippen LogP contribution in [0.2, 0.25) is 0 Å². The molecule has 8 nitrogen and oxygen atoms in total. The highest BCUT2D eigenvalue weighted by Crippen LogP contribution is 2.29. The summed E-state index contributed by atoms with van der Waals surface area (Å²) in [5.74, 6) is -2.58. The summed E-state index contributed by atoms with van der Waals surface area (Å²) in [6.07, 6.45) is 8.47. The minimum absolute atomic E-state index is 0.0115. The summed E-state index contributed by atoms with van der Waals surface area (Å²) in [5, 5.41) is 13.5. The van der Waals surface area contributed by atoms with Gasteiger partial charge < -0.3 is 14.8 Å². The van der Waals surface area contributed by atoms with E-state index in [1.807, 2.05) is 0 Å². The van der Waals surface area contributed by atoms with E-state index in [2.05, 4.69) is 5.32 Å². The van der Waals surface area contributed by atoms with Gasteiger partial charge in [0.15, 0.2) is 0 Å². The third-order valence-corrected chi connectivity index (χ3v) is 3.98. The van der Waals surface area contributed by atoms with Crippen molar-refractivity contribution in [2.24, 2.45) is 0 Å². The van der Waals surface area contributed by atoms with Crippen LogP contribution in [0.5, 0.6) is 0 Å². The number of nitrogens with one attached hydrogen (secondary N) is 1. The molecule has 0 spiro atoms. The number of rotatable bonds is 7. The van der Waals surface area contributed by atoms with Gasteiger partial charge in [0.25, 0.3) is 11.5 Å². The average Bonchev–Trinajstić information content (AvgIpc) is 2.66. The number of esters is 2. The maximum absolute atomic E-state index is 12.0. The smallest absolute Gasteiger partial charge is 0.348 e. The van der Waals surface area contributed by atoms with Crippen molar-refractivity contribution in [1.82, 2.24) is 0 Å². The summed E-state index contributed by atoms with van der Waals surface area (Å²) >= 11 is 0. The molecule has 142 valence electrons. The first-order chi connectivity index (χ1) is 12.9. The Bertz CT molecular complexity index is 782. The fraction of sp³-hybridized carbons (Fsp3) is 0.263. The number of benzene rings is 1. The monoisotopic (exact) mass is 372 g/mol. The van der Waals surface area contributed by atoms with Gasteiger partial charge in [-0.15, -0.1) is 0 Å². The van der Waals surface area contributed by atoms with Gasteiger partial charge in [0.2, 0.25) is 0 Å². The van der Waals surface area contributed by atoms with Crippen molar-refractivity contribution >= 4 is 23.3 Å². The van der Waals surface area contributed by atoms with Crippen LogP contribution in [0.3, 0.4) is 0 Å². The minimum Gasteiger partial charge on any atom is -0.419 e. The molecule has 1 saturated heterocycles. The molecule has 1 aromatic rings. The number of hydrogen-bond donors (Lipinski definition) is 1. The highest BCUT2D eigenvalue weighted by molar-refractivity contribution is 6.15. The first-order valence-corrected chi connectivity index (χ1v) is 8.42. The van der Waals surface area contributed by atoms with E-state index in [0.717, 1.165) is 0 Å². The molecule has 1 heterocycles. The van der Waals surface area contributed by atoms with Crippen molar-refractivity contribution in [2.75, 3.05) is 5.32 Å². The van der Waals surface area contributed by atoms with Crippen LogP contribution in [0.25, 0.3) is 0 Å². The number of cyclic esters (lactones) is 2. The molecular formula is C19H20N2O6. The molecule has 1 aliphatic heterocycles. The highest BCUT2D eigenvalue weighted by Gasteiger charge is 2.43. The van der Waals surface area contributed by atoms with Crippen molar-refractivity contribution in [3.63, 3.8) is 0 Å². The topological polar surface area (TPSA) is 108 Å². The molecule has 0 bridgehead atoms. The number of nitro benzene ring substituents is 1. The Morgan fingerprint density at radius 1 is 1.04 bits per heavy atom. The molecule has 1 aromatic carbocycles. The third kappa shape index (κ3) is 5.04. The summed E-state index contributed by atoms with van der Waals surface area (Å²) in [7, 11) is 0. The summed E-state index contributed by atoms with van der Waals surface area (Å²) in [6, 6.07) is 5.94. The van der Waals surface area contributed by atoms with Crippen LogP contribution in [0.15, 0.2) is 60.3 Å². The van der Waals surface area contributed by atoms with E-state index >= 15 is 0 Å². The van der Waals surface area contributed by atoms with Gasteiger partial charge >= 0.3 is 11.9 Å². The number of carbonyl (C=O) groups is 2. The Kier molecular flexibility index (Phi) is 6.48. The number of hydrogen-bond acceptors (Lipinski definition) is 7. The Labute approximate surface area is 156 Å². The van der Waals surface area contributed by atoms with Gasteiger partial charge in [-0.1, -0.05) is 26.0 Å². The number of non-ortho nitro benzene ring substituents is 1. The van der Waals surface area contributed by atoms with Crippen LogP contribution in [-0.4, -0.2) is 22.6 Å². The Morgan fingerprint density at radius 3 is 2.15 bits per heavy atom. The van der Waals surface area contributed by atoms with Crippen molar-refractivity contribution in [3.05, 3.63) is 70.5 Å². The van der Waals surface area contributed by atoms with E-state index in [1.54, 1.807) is 44.3 Å². The second-order valence-corrected chi connectivity index (χ2v) is 5.67. The van der Waals surface area contributed by atoms with Crippen molar-refractivity contribution in [1.29, 1.82) is 0 Å². The van der Waals surface area contributed by atoms with Crippen molar-refractivity contribution in [2.45, 2.75) is 32.5 Å². The summed E-state index contributed by atoms with van der Waals surface area (Å²) in [4.78, 5) is 34.1. The third-order valence-electron chi connectivity index (χ3n) is 3.98. The van der Waals surface area contributed by atoms with Crippen LogP contribution < -0.4 is 5.32 Å².